The largest absolute Gasteiger partial charge is 0.497 e. The number of hydrogen-bond donors (Lipinski definition) is 2. The van der Waals surface area contributed by atoms with Gasteiger partial charge in [0.15, 0.2) is 0 Å². The molecular weight excluding hydrogens is 262 g/mol. The van der Waals surface area contributed by atoms with Gasteiger partial charge in [0.05, 0.1) is 19.8 Å². The first kappa shape index (κ1) is 14.2. The van der Waals surface area contributed by atoms with Gasteiger partial charge in [-0.15, -0.1) is 0 Å². The number of carbonyl (C=O) groups excluding carboxylic acids is 1. The summed E-state index contributed by atoms with van der Waals surface area (Å²) >= 11 is 0. The Labute approximate surface area is 116 Å². The maximum Gasteiger partial charge on any atom is 0.312 e. The van der Waals surface area contributed by atoms with E-state index in [0.29, 0.717) is 24.5 Å². The molecule has 2 N–H and O–H groups in total. The maximum absolute atomic E-state index is 11.6. The molecule has 1 aliphatic rings. The number of aliphatic carboxylic acids is 1. The Bertz CT molecular complexity index is 514. The number of amides is 1. The van der Waals surface area contributed by atoms with Crippen molar-refractivity contribution in [2.45, 2.75) is 25.3 Å². The number of ether oxygens (including phenoxy) is 2. The second-order valence-electron chi connectivity index (χ2n) is 4.59. The molecule has 0 spiro atoms. The van der Waals surface area contributed by atoms with Crippen LogP contribution in [-0.2, 0) is 9.59 Å². The molecule has 6 nitrogen and oxygen atoms in total. The molecule has 0 saturated carbocycles. The van der Waals surface area contributed by atoms with Gasteiger partial charge in [-0.05, 0) is 31.0 Å². The number of hydrogen-bond acceptors (Lipinski definition) is 4. The summed E-state index contributed by atoms with van der Waals surface area (Å²) in [6.45, 7) is 0.574. The number of carbonyl (C=O) groups is 2. The molecule has 0 bridgehead atoms. The fourth-order valence-corrected chi connectivity index (χ4v) is 2.21. The van der Waals surface area contributed by atoms with Crippen molar-refractivity contribution >= 4 is 11.9 Å². The van der Waals surface area contributed by atoms with Crippen LogP contribution in [0.2, 0.25) is 0 Å². The molecule has 20 heavy (non-hydrogen) atoms. The van der Waals surface area contributed by atoms with Gasteiger partial charge in [-0.1, -0.05) is 0 Å². The van der Waals surface area contributed by atoms with E-state index in [0.717, 1.165) is 12.0 Å². The Balaban J connectivity index is 2.21. The predicted molar refractivity (Wildman–Crippen MR) is 70.9 cm³/mol. The molecule has 1 atom stereocenters. The predicted octanol–water partition coefficient (Wildman–Crippen LogP) is 1.50. The Morgan fingerprint density at radius 1 is 1.50 bits per heavy atom. The van der Waals surface area contributed by atoms with Gasteiger partial charge in [0.2, 0.25) is 5.91 Å². The van der Waals surface area contributed by atoms with Crippen LogP contribution in [-0.4, -0.2) is 30.7 Å². The second-order valence-corrected chi connectivity index (χ2v) is 4.59. The highest BCUT2D eigenvalue weighted by molar-refractivity contribution is 5.93. The third-order valence-electron chi connectivity index (χ3n) is 3.13. The highest BCUT2D eigenvalue weighted by atomic mass is 16.5. The summed E-state index contributed by atoms with van der Waals surface area (Å²) < 4.78 is 10.8. The minimum absolute atomic E-state index is 0.255. The smallest absolute Gasteiger partial charge is 0.312 e. The summed E-state index contributed by atoms with van der Waals surface area (Å²) in [6, 6.07) is 5.15. The molecule has 0 aromatic heterocycles. The van der Waals surface area contributed by atoms with Crippen LogP contribution in [0.5, 0.6) is 11.5 Å². The number of fused-ring (bicyclic) bond motifs is 1. The lowest BCUT2D eigenvalue weighted by molar-refractivity contribution is -0.140. The third-order valence-corrected chi connectivity index (χ3v) is 3.13. The first-order valence-corrected chi connectivity index (χ1v) is 6.42. The number of carboxylic acids is 1. The minimum atomic E-state index is -1.14. The fourth-order valence-electron chi connectivity index (χ4n) is 2.21. The number of carboxylic acid groups (broad SMARTS) is 1. The summed E-state index contributed by atoms with van der Waals surface area (Å²) in [5.74, 6) is -0.271. The van der Waals surface area contributed by atoms with E-state index in [1.165, 1.54) is 0 Å². The van der Waals surface area contributed by atoms with E-state index in [-0.39, 0.29) is 6.04 Å². The summed E-state index contributed by atoms with van der Waals surface area (Å²) in [5, 5.41) is 11.4. The number of rotatable bonds is 4. The van der Waals surface area contributed by atoms with Crippen molar-refractivity contribution in [2.24, 2.45) is 0 Å². The fraction of sp³-hybridized carbons (Fsp3) is 0.429. The lowest BCUT2D eigenvalue weighted by atomic mass is 10.0. The summed E-state index contributed by atoms with van der Waals surface area (Å²) in [7, 11) is 1.57. The van der Waals surface area contributed by atoms with E-state index >= 15 is 0 Å². The summed E-state index contributed by atoms with van der Waals surface area (Å²) in [4.78, 5) is 22.2. The number of methoxy groups -OCH3 is 1. The SMILES string of the molecule is COc1ccc2c(c1)C(NC(=O)CC(=O)O)CCCO2. The first-order valence-electron chi connectivity index (χ1n) is 6.42. The molecule has 0 saturated heterocycles. The van der Waals surface area contributed by atoms with Crippen molar-refractivity contribution in [3.05, 3.63) is 23.8 Å². The van der Waals surface area contributed by atoms with Crippen LogP contribution in [0, 0.1) is 0 Å². The molecule has 1 aromatic carbocycles. The average Bonchev–Trinajstić information content (AvgIpc) is 2.60. The molecule has 0 radical (unpaired) electrons. The average molecular weight is 279 g/mol. The van der Waals surface area contributed by atoms with Gasteiger partial charge in [-0.3, -0.25) is 9.59 Å². The zero-order valence-corrected chi connectivity index (χ0v) is 11.2. The number of benzene rings is 1. The lowest BCUT2D eigenvalue weighted by Gasteiger charge is -2.18. The van der Waals surface area contributed by atoms with Gasteiger partial charge in [0.25, 0.3) is 0 Å². The monoisotopic (exact) mass is 279 g/mol. The van der Waals surface area contributed by atoms with Crippen LogP contribution in [0.1, 0.15) is 30.9 Å². The maximum atomic E-state index is 11.6. The molecule has 1 aliphatic heterocycles. The van der Waals surface area contributed by atoms with Crippen molar-refractivity contribution in [3.63, 3.8) is 0 Å². The van der Waals surface area contributed by atoms with Gasteiger partial charge in [0, 0.05) is 5.56 Å². The molecule has 1 amide bonds. The summed E-state index contributed by atoms with van der Waals surface area (Å²) in [6.07, 6.45) is 0.956. The van der Waals surface area contributed by atoms with E-state index in [1.54, 1.807) is 19.2 Å². The minimum Gasteiger partial charge on any atom is -0.497 e. The Morgan fingerprint density at radius 3 is 3.00 bits per heavy atom. The molecular formula is C14H17NO5. The van der Waals surface area contributed by atoms with Crippen molar-refractivity contribution in [1.82, 2.24) is 5.32 Å². The van der Waals surface area contributed by atoms with E-state index in [4.69, 9.17) is 14.6 Å². The normalized spacial score (nSPS) is 17.4. The molecule has 2 rings (SSSR count). The van der Waals surface area contributed by atoms with Crippen molar-refractivity contribution in [3.8, 4) is 11.5 Å². The highest BCUT2D eigenvalue weighted by Gasteiger charge is 2.22. The van der Waals surface area contributed by atoms with Crippen LogP contribution in [0.15, 0.2) is 18.2 Å². The molecule has 6 heteroatoms. The highest BCUT2D eigenvalue weighted by Crippen LogP contribution is 2.34. The molecule has 0 fully saturated rings. The van der Waals surface area contributed by atoms with E-state index < -0.39 is 18.3 Å². The van der Waals surface area contributed by atoms with Gasteiger partial charge in [-0.25, -0.2) is 0 Å². The van der Waals surface area contributed by atoms with E-state index in [2.05, 4.69) is 5.32 Å². The van der Waals surface area contributed by atoms with Gasteiger partial charge in [-0.2, -0.15) is 0 Å². The molecule has 108 valence electrons. The van der Waals surface area contributed by atoms with E-state index in [9.17, 15) is 9.59 Å². The van der Waals surface area contributed by atoms with Crippen LogP contribution in [0.3, 0.4) is 0 Å². The summed E-state index contributed by atoms with van der Waals surface area (Å²) in [5.41, 5.74) is 0.820. The zero-order chi connectivity index (χ0) is 14.5. The Hall–Kier alpha value is -2.24. The topological polar surface area (TPSA) is 84.9 Å². The molecule has 0 aliphatic carbocycles. The van der Waals surface area contributed by atoms with Crippen LogP contribution < -0.4 is 14.8 Å². The van der Waals surface area contributed by atoms with E-state index in [1.807, 2.05) is 6.07 Å². The Kier molecular flexibility index (Phi) is 4.45. The Morgan fingerprint density at radius 2 is 2.30 bits per heavy atom. The van der Waals surface area contributed by atoms with Crippen LogP contribution in [0.4, 0.5) is 0 Å². The third kappa shape index (κ3) is 3.40. The van der Waals surface area contributed by atoms with Crippen molar-refractivity contribution in [1.29, 1.82) is 0 Å². The van der Waals surface area contributed by atoms with Gasteiger partial charge < -0.3 is 19.9 Å². The van der Waals surface area contributed by atoms with Gasteiger partial charge >= 0.3 is 5.97 Å². The number of nitrogens with one attached hydrogen (secondary N) is 1. The standard InChI is InChI=1S/C14H17NO5/c1-19-9-4-5-12-10(7-9)11(3-2-6-20-12)15-13(16)8-14(17)18/h4-5,7,11H,2-3,6,8H2,1H3,(H,15,16)(H,17,18). The molecule has 1 unspecified atom stereocenters. The first-order chi connectivity index (χ1) is 9.60. The molecule has 1 aromatic rings. The van der Waals surface area contributed by atoms with Crippen LogP contribution >= 0.6 is 0 Å². The lowest BCUT2D eigenvalue weighted by Crippen LogP contribution is -2.29. The van der Waals surface area contributed by atoms with Gasteiger partial charge in [0.1, 0.15) is 17.9 Å². The van der Waals surface area contributed by atoms with Crippen LogP contribution in [0.25, 0.3) is 0 Å². The van der Waals surface area contributed by atoms with Crippen molar-refractivity contribution in [2.75, 3.05) is 13.7 Å². The molecule has 1 heterocycles. The second kappa shape index (κ2) is 6.27. The quantitative estimate of drug-likeness (QED) is 0.816. The van der Waals surface area contributed by atoms with Crippen molar-refractivity contribution < 1.29 is 24.2 Å². The zero-order valence-electron chi connectivity index (χ0n) is 11.2.